The Morgan fingerprint density at radius 2 is 2.09 bits per heavy atom. The van der Waals surface area contributed by atoms with E-state index in [2.05, 4.69) is 6.92 Å². The fourth-order valence-corrected chi connectivity index (χ4v) is 1.67. The first-order chi connectivity index (χ1) is 5.06. The maximum atomic E-state index is 10.7. The molecule has 0 fully saturated rings. The van der Waals surface area contributed by atoms with Gasteiger partial charge in [-0.15, -0.1) is 11.8 Å². The van der Waals surface area contributed by atoms with Gasteiger partial charge in [0.15, 0.2) is 0 Å². The number of thiocarbonyl (C=S) groups is 1. The van der Waals surface area contributed by atoms with E-state index in [4.69, 9.17) is 12.2 Å². The van der Waals surface area contributed by atoms with Crippen LogP contribution >= 0.6 is 24.0 Å². The van der Waals surface area contributed by atoms with Gasteiger partial charge in [-0.3, -0.25) is 0 Å². The summed E-state index contributed by atoms with van der Waals surface area (Å²) in [5.41, 5.74) is 0. The fraction of sp³-hybridized carbons (Fsp3) is 0.750. The van der Waals surface area contributed by atoms with Crippen molar-refractivity contribution in [3.05, 3.63) is 0 Å². The summed E-state index contributed by atoms with van der Waals surface area (Å²) < 4.78 is 0.999. The van der Waals surface area contributed by atoms with Gasteiger partial charge in [0.05, 0.1) is 0 Å². The van der Waals surface area contributed by atoms with E-state index >= 15 is 0 Å². The minimum absolute atomic E-state index is 0.251. The summed E-state index contributed by atoms with van der Waals surface area (Å²) in [6.45, 7) is 3.68. The van der Waals surface area contributed by atoms with Crippen LogP contribution in [0.3, 0.4) is 0 Å². The number of thioether (sulfide) groups is 1. The average molecular weight is 190 g/mol. The van der Waals surface area contributed by atoms with Gasteiger partial charge < -0.3 is 4.79 Å². The Hall–Kier alpha value is 0.110. The standard InChI is InChI=1S/C8H14OS2/c1-6(4-7(2)9)5-8(10)11-3/h6H,4-5H2,1-3H3. The lowest BCUT2D eigenvalue weighted by Gasteiger charge is -2.07. The van der Waals surface area contributed by atoms with Crippen molar-refractivity contribution >= 4 is 34.0 Å². The Morgan fingerprint density at radius 3 is 2.45 bits per heavy atom. The molecule has 0 saturated heterocycles. The predicted octanol–water partition coefficient (Wildman–Crippen LogP) is 2.68. The molecule has 0 saturated carbocycles. The molecule has 1 atom stereocenters. The Balaban J connectivity index is 3.60. The Morgan fingerprint density at radius 1 is 1.55 bits per heavy atom. The molecule has 0 rings (SSSR count). The van der Waals surface area contributed by atoms with Gasteiger partial charge in [-0.25, -0.2) is 0 Å². The Kier molecular flexibility index (Phi) is 5.78. The minimum Gasteiger partial charge on any atom is -0.300 e. The van der Waals surface area contributed by atoms with E-state index < -0.39 is 0 Å². The highest BCUT2D eigenvalue weighted by atomic mass is 32.2. The fourth-order valence-electron chi connectivity index (χ4n) is 0.931. The zero-order chi connectivity index (χ0) is 8.85. The zero-order valence-corrected chi connectivity index (χ0v) is 8.85. The van der Waals surface area contributed by atoms with Crippen LogP contribution in [-0.2, 0) is 4.79 Å². The molecule has 0 aromatic heterocycles. The molecule has 1 unspecified atom stereocenters. The van der Waals surface area contributed by atoms with Crippen molar-refractivity contribution in [2.24, 2.45) is 5.92 Å². The molecule has 0 aromatic carbocycles. The van der Waals surface area contributed by atoms with Crippen LogP contribution in [0.5, 0.6) is 0 Å². The summed E-state index contributed by atoms with van der Waals surface area (Å²) in [7, 11) is 0. The Bertz CT molecular complexity index is 154. The summed E-state index contributed by atoms with van der Waals surface area (Å²) in [5, 5.41) is 0. The van der Waals surface area contributed by atoms with Gasteiger partial charge in [0.1, 0.15) is 5.78 Å². The molecule has 0 heterocycles. The monoisotopic (exact) mass is 190 g/mol. The maximum absolute atomic E-state index is 10.7. The van der Waals surface area contributed by atoms with Gasteiger partial charge in [-0.2, -0.15) is 0 Å². The van der Waals surface area contributed by atoms with Crippen molar-refractivity contribution < 1.29 is 4.79 Å². The molecule has 0 spiro atoms. The van der Waals surface area contributed by atoms with Gasteiger partial charge in [-0.1, -0.05) is 19.1 Å². The van der Waals surface area contributed by atoms with Crippen LogP contribution in [0.15, 0.2) is 0 Å². The number of rotatable bonds is 4. The van der Waals surface area contributed by atoms with Gasteiger partial charge in [-0.05, 0) is 25.5 Å². The molecular formula is C8H14OS2. The van der Waals surface area contributed by atoms with E-state index in [0.29, 0.717) is 12.3 Å². The van der Waals surface area contributed by atoms with E-state index in [1.165, 1.54) is 0 Å². The molecule has 0 aliphatic rings. The first-order valence-corrected chi connectivity index (χ1v) is 5.25. The second-order valence-electron chi connectivity index (χ2n) is 2.79. The largest absolute Gasteiger partial charge is 0.300 e. The molecule has 0 aromatic rings. The third-order valence-electron chi connectivity index (χ3n) is 1.38. The molecule has 0 bridgehead atoms. The third kappa shape index (κ3) is 6.51. The van der Waals surface area contributed by atoms with Gasteiger partial charge in [0.25, 0.3) is 0 Å². The quantitative estimate of drug-likeness (QED) is 0.634. The SMILES string of the molecule is CSC(=S)CC(C)CC(C)=O. The number of hydrogen-bond donors (Lipinski definition) is 0. The lowest BCUT2D eigenvalue weighted by atomic mass is 10.0. The number of carbonyl (C=O) groups is 1. The molecule has 0 aliphatic heterocycles. The van der Waals surface area contributed by atoms with Crippen molar-refractivity contribution in [3.8, 4) is 0 Å². The summed E-state index contributed by atoms with van der Waals surface area (Å²) in [6.07, 6.45) is 3.51. The molecule has 3 heteroatoms. The summed E-state index contributed by atoms with van der Waals surface area (Å²) in [4.78, 5) is 10.7. The van der Waals surface area contributed by atoms with Crippen LogP contribution in [0.25, 0.3) is 0 Å². The number of ketones is 1. The van der Waals surface area contributed by atoms with Crippen LogP contribution in [0.1, 0.15) is 26.7 Å². The first kappa shape index (κ1) is 11.1. The van der Waals surface area contributed by atoms with Crippen LogP contribution in [0.2, 0.25) is 0 Å². The van der Waals surface area contributed by atoms with Crippen molar-refractivity contribution in [2.45, 2.75) is 26.7 Å². The van der Waals surface area contributed by atoms with E-state index in [0.717, 1.165) is 10.6 Å². The number of hydrogen-bond acceptors (Lipinski definition) is 3. The third-order valence-corrected chi connectivity index (χ3v) is 2.67. The summed E-state index contributed by atoms with van der Waals surface area (Å²) in [6, 6.07) is 0. The van der Waals surface area contributed by atoms with Crippen LogP contribution in [-0.4, -0.2) is 16.2 Å². The van der Waals surface area contributed by atoms with Crippen molar-refractivity contribution in [2.75, 3.05) is 6.26 Å². The Labute approximate surface area is 77.9 Å². The molecule has 11 heavy (non-hydrogen) atoms. The maximum Gasteiger partial charge on any atom is 0.130 e. The zero-order valence-electron chi connectivity index (χ0n) is 7.22. The highest BCUT2D eigenvalue weighted by molar-refractivity contribution is 8.22. The molecule has 1 nitrogen and oxygen atoms in total. The number of carbonyl (C=O) groups excluding carboxylic acids is 1. The topological polar surface area (TPSA) is 17.1 Å². The summed E-state index contributed by atoms with van der Waals surface area (Å²) >= 11 is 6.64. The lowest BCUT2D eigenvalue weighted by molar-refractivity contribution is -0.117. The second-order valence-corrected chi connectivity index (χ2v) is 4.44. The normalized spacial score (nSPS) is 12.6. The molecule has 64 valence electrons. The van der Waals surface area contributed by atoms with Gasteiger partial charge >= 0.3 is 0 Å². The predicted molar refractivity (Wildman–Crippen MR) is 55.2 cm³/mol. The molecule has 0 radical (unpaired) electrons. The van der Waals surface area contributed by atoms with Crippen LogP contribution in [0.4, 0.5) is 0 Å². The van der Waals surface area contributed by atoms with Crippen LogP contribution in [0, 0.1) is 5.92 Å². The molecule has 0 aliphatic carbocycles. The van der Waals surface area contributed by atoms with E-state index in [1.54, 1.807) is 18.7 Å². The minimum atomic E-state index is 0.251. The van der Waals surface area contributed by atoms with Gasteiger partial charge in [0, 0.05) is 10.6 Å². The second kappa shape index (κ2) is 5.72. The number of Topliss-reactive ketones (excluding diaryl/α,β-unsaturated/α-hetero) is 1. The van der Waals surface area contributed by atoms with Crippen LogP contribution < -0.4 is 0 Å². The molecule has 0 N–H and O–H groups in total. The van der Waals surface area contributed by atoms with Crippen molar-refractivity contribution in [1.82, 2.24) is 0 Å². The van der Waals surface area contributed by atoms with Crippen molar-refractivity contribution in [1.29, 1.82) is 0 Å². The summed E-state index contributed by atoms with van der Waals surface area (Å²) in [5.74, 6) is 0.661. The molecular weight excluding hydrogens is 176 g/mol. The van der Waals surface area contributed by atoms with E-state index in [-0.39, 0.29) is 5.78 Å². The first-order valence-electron chi connectivity index (χ1n) is 3.62. The molecule has 0 amide bonds. The van der Waals surface area contributed by atoms with E-state index in [9.17, 15) is 4.79 Å². The smallest absolute Gasteiger partial charge is 0.130 e. The highest BCUT2D eigenvalue weighted by Crippen LogP contribution is 2.14. The average Bonchev–Trinajstić information content (AvgIpc) is 1.85. The highest BCUT2D eigenvalue weighted by Gasteiger charge is 2.07. The van der Waals surface area contributed by atoms with Crippen molar-refractivity contribution in [3.63, 3.8) is 0 Å². The van der Waals surface area contributed by atoms with Gasteiger partial charge in [0.2, 0.25) is 0 Å². The lowest BCUT2D eigenvalue weighted by Crippen LogP contribution is -2.04. The van der Waals surface area contributed by atoms with E-state index in [1.807, 2.05) is 6.26 Å².